The first-order chi connectivity index (χ1) is 18.8. The quantitative estimate of drug-likeness (QED) is 0.306. The number of benzene rings is 2. The van der Waals surface area contributed by atoms with Crippen molar-refractivity contribution in [2.75, 3.05) is 23.8 Å². The molecule has 0 unspecified atom stereocenters. The molecule has 0 bridgehead atoms. The number of nitrogens with one attached hydrogen (secondary N) is 1. The third-order valence-corrected chi connectivity index (χ3v) is 7.29. The van der Waals surface area contributed by atoms with Crippen molar-refractivity contribution in [2.24, 2.45) is 5.73 Å². The summed E-state index contributed by atoms with van der Waals surface area (Å²) < 4.78 is 24.0. The first kappa shape index (κ1) is 26.2. The lowest BCUT2D eigenvalue weighted by Crippen LogP contribution is -2.45. The average Bonchev–Trinajstić information content (AvgIpc) is 3.59. The molecule has 2 aromatic heterocycles. The summed E-state index contributed by atoms with van der Waals surface area (Å²) >= 11 is 0.678. The van der Waals surface area contributed by atoms with Crippen molar-refractivity contribution in [3.05, 3.63) is 82.7 Å². The number of hydrogen-bond acceptors (Lipinski definition) is 8. The molecule has 200 valence electrons. The molecule has 39 heavy (non-hydrogen) atoms. The number of fused-ring (bicyclic) bond motifs is 1. The fourth-order valence-corrected chi connectivity index (χ4v) is 5.29. The predicted octanol–water partition coefficient (Wildman–Crippen LogP) is 3.19. The van der Waals surface area contributed by atoms with Crippen LogP contribution in [0.1, 0.15) is 44.6 Å². The Hall–Kier alpha value is -4.42. The average molecular weight is 549 g/mol. The first-order valence-electron chi connectivity index (χ1n) is 12.2. The van der Waals surface area contributed by atoms with Gasteiger partial charge in [0.1, 0.15) is 16.7 Å². The summed E-state index contributed by atoms with van der Waals surface area (Å²) in [5.41, 5.74) is 12.2. The summed E-state index contributed by atoms with van der Waals surface area (Å²) in [6.45, 7) is 0.854. The fraction of sp³-hybridized carbons (Fsp3) is 0.222. The third-order valence-electron chi connectivity index (χ3n) is 6.44. The number of amides is 3. The molecule has 5 rings (SSSR count). The number of anilines is 2. The molecule has 12 heteroatoms. The van der Waals surface area contributed by atoms with Gasteiger partial charge in [0.15, 0.2) is 5.69 Å². The van der Waals surface area contributed by atoms with Crippen LogP contribution in [0.25, 0.3) is 10.9 Å². The van der Waals surface area contributed by atoms with E-state index in [0.717, 1.165) is 29.2 Å². The molecular formula is C27H25FN6O4S. The van der Waals surface area contributed by atoms with Gasteiger partial charge in [-0.25, -0.2) is 4.39 Å². The lowest BCUT2D eigenvalue weighted by Gasteiger charge is -2.31. The van der Waals surface area contributed by atoms with Gasteiger partial charge in [-0.05, 0) is 66.3 Å². The van der Waals surface area contributed by atoms with Gasteiger partial charge >= 0.3 is 0 Å². The van der Waals surface area contributed by atoms with E-state index in [2.05, 4.69) is 14.7 Å². The van der Waals surface area contributed by atoms with Crippen LogP contribution in [0.15, 0.2) is 60.8 Å². The van der Waals surface area contributed by atoms with Crippen molar-refractivity contribution in [3.63, 3.8) is 0 Å². The molecular weight excluding hydrogens is 523 g/mol. The van der Waals surface area contributed by atoms with Crippen LogP contribution in [-0.2, 0) is 9.53 Å². The molecule has 0 aliphatic carbocycles. The van der Waals surface area contributed by atoms with Gasteiger partial charge in [-0.2, -0.15) is 4.37 Å². The van der Waals surface area contributed by atoms with Crippen molar-refractivity contribution < 1.29 is 23.5 Å². The van der Waals surface area contributed by atoms with Gasteiger partial charge in [0, 0.05) is 30.4 Å². The number of carbonyl (C=O) groups excluding carboxylic acids is 3. The molecule has 1 fully saturated rings. The molecule has 0 saturated carbocycles. The molecule has 0 radical (unpaired) electrons. The van der Waals surface area contributed by atoms with Gasteiger partial charge < -0.3 is 21.5 Å². The number of rotatable bonds is 8. The Balaban J connectivity index is 1.64. The molecule has 1 saturated heterocycles. The second kappa shape index (κ2) is 11.1. The minimum atomic E-state index is -1.25. The number of nitrogen functional groups attached to an aromatic ring is 1. The zero-order valence-corrected chi connectivity index (χ0v) is 21.5. The highest BCUT2D eigenvalue weighted by molar-refractivity contribution is 7.09. The van der Waals surface area contributed by atoms with E-state index in [4.69, 9.17) is 16.2 Å². The van der Waals surface area contributed by atoms with E-state index >= 15 is 0 Å². The highest BCUT2D eigenvalue weighted by Gasteiger charge is 2.36. The lowest BCUT2D eigenvalue weighted by atomic mass is 10.00. The van der Waals surface area contributed by atoms with E-state index in [0.29, 0.717) is 29.2 Å². The third kappa shape index (κ3) is 5.42. The minimum absolute atomic E-state index is 0.104. The first-order valence-corrected chi connectivity index (χ1v) is 13.0. The normalized spacial score (nSPS) is 15.7. The Morgan fingerprint density at radius 3 is 2.74 bits per heavy atom. The van der Waals surface area contributed by atoms with Gasteiger partial charge in [0.05, 0.1) is 17.3 Å². The second-order valence-corrected chi connectivity index (χ2v) is 9.80. The van der Waals surface area contributed by atoms with Crippen LogP contribution in [0.4, 0.5) is 15.8 Å². The maximum Gasteiger partial charge on any atom is 0.273 e. The van der Waals surface area contributed by atoms with Gasteiger partial charge in [0.2, 0.25) is 5.91 Å². The van der Waals surface area contributed by atoms with Crippen molar-refractivity contribution >= 4 is 51.5 Å². The summed E-state index contributed by atoms with van der Waals surface area (Å²) in [7, 11) is 0. The van der Waals surface area contributed by atoms with Gasteiger partial charge in [-0.15, -0.1) is 0 Å². The molecule has 1 aliphatic rings. The molecule has 4 aromatic rings. The molecule has 2 atom stereocenters. The van der Waals surface area contributed by atoms with Crippen LogP contribution >= 0.6 is 11.5 Å². The van der Waals surface area contributed by atoms with Crippen LogP contribution in [0.3, 0.4) is 0 Å². The maximum absolute atomic E-state index is 14.5. The Morgan fingerprint density at radius 2 is 2.03 bits per heavy atom. The summed E-state index contributed by atoms with van der Waals surface area (Å²) in [4.78, 5) is 45.1. The fourth-order valence-electron chi connectivity index (χ4n) is 4.55. The predicted molar refractivity (Wildman–Crippen MR) is 145 cm³/mol. The van der Waals surface area contributed by atoms with E-state index in [9.17, 15) is 18.8 Å². The van der Waals surface area contributed by atoms with E-state index in [1.165, 1.54) is 18.2 Å². The van der Waals surface area contributed by atoms with Crippen molar-refractivity contribution in [3.8, 4) is 0 Å². The molecule has 2 aromatic carbocycles. The van der Waals surface area contributed by atoms with Gasteiger partial charge in [-0.1, -0.05) is 18.2 Å². The number of hydrogen-bond donors (Lipinski definition) is 3. The SMILES string of the molecule is NC(=O)c1nsc(C(=O)N(c2cccc(F)c2)[C@H](C(=O)NC[C@@H]2CCCO2)c2ccc3ncccc3c2)c1N. The number of ether oxygens (including phenoxy) is 1. The number of nitrogens with two attached hydrogens (primary N) is 2. The van der Waals surface area contributed by atoms with Crippen LogP contribution < -0.4 is 21.7 Å². The van der Waals surface area contributed by atoms with E-state index in [1.807, 2.05) is 6.07 Å². The van der Waals surface area contributed by atoms with E-state index in [1.54, 1.807) is 30.5 Å². The van der Waals surface area contributed by atoms with Gasteiger partial charge in [-0.3, -0.25) is 24.3 Å². The standard InChI is InChI=1S/C27H25FN6O4S/c28-17-5-1-6-18(13-17)34(27(37)24-21(29)22(25(30)35)33-39-24)23(26(36)32-14-19-7-3-11-38-19)16-8-9-20-15(12-16)4-2-10-31-20/h1-2,4-6,8-10,12-13,19,23H,3,7,11,14,29H2,(H2,30,35)(H,32,36)/t19-,23-/m0/s1. The van der Waals surface area contributed by atoms with Crippen molar-refractivity contribution in [1.29, 1.82) is 0 Å². The monoisotopic (exact) mass is 548 g/mol. The summed E-state index contributed by atoms with van der Waals surface area (Å²) in [6.07, 6.45) is 3.19. The largest absolute Gasteiger partial charge is 0.395 e. The molecule has 3 heterocycles. The second-order valence-electron chi connectivity index (χ2n) is 9.03. The van der Waals surface area contributed by atoms with Crippen LogP contribution in [0.2, 0.25) is 0 Å². The highest BCUT2D eigenvalue weighted by Crippen LogP contribution is 2.34. The number of carbonyl (C=O) groups is 3. The Bertz CT molecular complexity index is 1550. The summed E-state index contributed by atoms with van der Waals surface area (Å²) in [5, 5.41) is 3.64. The number of pyridine rings is 1. The molecule has 10 nitrogen and oxygen atoms in total. The zero-order valence-electron chi connectivity index (χ0n) is 20.7. The van der Waals surface area contributed by atoms with Crippen LogP contribution in [-0.4, -0.2) is 46.3 Å². The number of aromatic nitrogens is 2. The smallest absolute Gasteiger partial charge is 0.273 e. The lowest BCUT2D eigenvalue weighted by molar-refractivity contribution is -0.123. The van der Waals surface area contributed by atoms with Crippen LogP contribution in [0, 0.1) is 5.82 Å². The Labute approximate surface area is 226 Å². The minimum Gasteiger partial charge on any atom is -0.395 e. The van der Waals surface area contributed by atoms with Crippen LogP contribution in [0.5, 0.6) is 0 Å². The maximum atomic E-state index is 14.5. The topological polar surface area (TPSA) is 154 Å². The summed E-state index contributed by atoms with van der Waals surface area (Å²) in [6, 6.07) is 12.9. The zero-order chi connectivity index (χ0) is 27.5. The molecule has 1 aliphatic heterocycles. The molecule has 0 spiro atoms. The van der Waals surface area contributed by atoms with Crippen molar-refractivity contribution in [2.45, 2.75) is 25.0 Å². The number of primary amides is 1. The number of halogens is 1. The Morgan fingerprint density at radius 1 is 1.18 bits per heavy atom. The summed E-state index contributed by atoms with van der Waals surface area (Å²) in [5.74, 6) is -2.76. The number of nitrogens with zero attached hydrogens (tertiary/aromatic N) is 3. The Kier molecular flexibility index (Phi) is 7.48. The molecule has 3 amide bonds. The van der Waals surface area contributed by atoms with Crippen molar-refractivity contribution in [1.82, 2.24) is 14.7 Å². The molecule has 5 N–H and O–H groups in total. The van der Waals surface area contributed by atoms with E-state index < -0.39 is 29.6 Å². The van der Waals surface area contributed by atoms with Gasteiger partial charge in [0.25, 0.3) is 11.8 Å². The van der Waals surface area contributed by atoms with E-state index in [-0.39, 0.29) is 34.6 Å². The highest BCUT2D eigenvalue weighted by atomic mass is 32.1.